The Morgan fingerprint density at radius 3 is 2.83 bits per heavy atom. The molecule has 0 aromatic heterocycles. The van der Waals surface area contributed by atoms with Crippen LogP contribution in [0.2, 0.25) is 0 Å². The second kappa shape index (κ2) is 5.63. The van der Waals surface area contributed by atoms with Crippen molar-refractivity contribution in [3.05, 3.63) is 29.6 Å². The van der Waals surface area contributed by atoms with Crippen molar-refractivity contribution in [2.45, 2.75) is 25.7 Å². The van der Waals surface area contributed by atoms with Gasteiger partial charge in [0, 0.05) is 5.92 Å². The molecule has 0 spiro atoms. The highest BCUT2D eigenvalue weighted by molar-refractivity contribution is 5.82. The van der Waals surface area contributed by atoms with Crippen LogP contribution in [0.15, 0.2) is 18.2 Å². The van der Waals surface area contributed by atoms with Gasteiger partial charge in [0.15, 0.2) is 5.78 Å². The molecule has 0 aliphatic heterocycles. The van der Waals surface area contributed by atoms with Crippen LogP contribution in [-0.2, 0) is 4.79 Å². The molecule has 0 saturated heterocycles. The Bertz CT molecular complexity index is 487. The Morgan fingerprint density at radius 2 is 2.17 bits per heavy atom. The van der Waals surface area contributed by atoms with Gasteiger partial charge >= 0.3 is 0 Å². The maximum Gasteiger partial charge on any atom is 0.173 e. The lowest BCUT2D eigenvalue weighted by Gasteiger charge is -2.10. The van der Waals surface area contributed by atoms with Crippen molar-refractivity contribution in [3.8, 4) is 11.8 Å². The highest BCUT2D eigenvalue weighted by Gasteiger charge is 2.23. The molecule has 4 heteroatoms. The molecule has 3 nitrogen and oxygen atoms in total. The van der Waals surface area contributed by atoms with E-state index in [9.17, 15) is 9.18 Å². The van der Waals surface area contributed by atoms with Crippen molar-refractivity contribution in [2.24, 2.45) is 5.92 Å². The van der Waals surface area contributed by atoms with Gasteiger partial charge in [0.2, 0.25) is 0 Å². The topological polar surface area (TPSA) is 50.1 Å². The van der Waals surface area contributed by atoms with Crippen molar-refractivity contribution in [1.82, 2.24) is 0 Å². The molecule has 2 rings (SSSR count). The molecule has 0 bridgehead atoms. The Hall–Kier alpha value is -1.89. The van der Waals surface area contributed by atoms with Crippen molar-refractivity contribution >= 4 is 5.78 Å². The van der Waals surface area contributed by atoms with E-state index < -0.39 is 5.82 Å². The highest BCUT2D eigenvalue weighted by Crippen LogP contribution is 2.26. The summed E-state index contributed by atoms with van der Waals surface area (Å²) in [5.41, 5.74) is -0.142. The number of ketones is 1. The fourth-order valence-corrected chi connectivity index (χ4v) is 2.25. The van der Waals surface area contributed by atoms with E-state index in [0.717, 1.165) is 25.7 Å². The lowest BCUT2D eigenvalue weighted by Crippen LogP contribution is -2.19. The van der Waals surface area contributed by atoms with Gasteiger partial charge in [-0.2, -0.15) is 5.26 Å². The van der Waals surface area contributed by atoms with Gasteiger partial charge < -0.3 is 4.74 Å². The summed E-state index contributed by atoms with van der Waals surface area (Å²) in [6.07, 6.45) is 3.99. The fraction of sp³-hybridized carbons (Fsp3) is 0.429. The number of rotatable bonds is 4. The summed E-state index contributed by atoms with van der Waals surface area (Å²) in [5, 5.41) is 8.82. The number of hydrogen-bond donors (Lipinski definition) is 0. The summed E-state index contributed by atoms with van der Waals surface area (Å²) >= 11 is 0. The molecule has 0 N–H and O–H groups in total. The van der Waals surface area contributed by atoms with E-state index in [1.165, 1.54) is 18.2 Å². The van der Waals surface area contributed by atoms with Gasteiger partial charge in [-0.15, -0.1) is 0 Å². The highest BCUT2D eigenvalue weighted by atomic mass is 19.1. The van der Waals surface area contributed by atoms with E-state index in [1.54, 1.807) is 6.07 Å². The molecule has 1 aromatic rings. The number of nitrogens with zero attached hydrogens (tertiary/aromatic N) is 1. The monoisotopic (exact) mass is 247 g/mol. The summed E-state index contributed by atoms with van der Waals surface area (Å²) in [7, 11) is 0. The third-order valence-corrected chi connectivity index (χ3v) is 3.27. The Morgan fingerprint density at radius 1 is 1.44 bits per heavy atom. The molecule has 1 saturated carbocycles. The zero-order chi connectivity index (χ0) is 13.0. The normalized spacial score (nSPS) is 15.3. The van der Waals surface area contributed by atoms with Crippen molar-refractivity contribution in [3.63, 3.8) is 0 Å². The molecular weight excluding hydrogens is 233 g/mol. The van der Waals surface area contributed by atoms with E-state index in [0.29, 0.717) is 0 Å². The van der Waals surface area contributed by atoms with Crippen molar-refractivity contribution in [2.75, 3.05) is 6.61 Å². The van der Waals surface area contributed by atoms with Gasteiger partial charge in [0.05, 0.1) is 0 Å². The minimum Gasteiger partial charge on any atom is -0.484 e. The van der Waals surface area contributed by atoms with E-state index >= 15 is 0 Å². The van der Waals surface area contributed by atoms with E-state index in [-0.39, 0.29) is 29.6 Å². The van der Waals surface area contributed by atoms with Crippen LogP contribution in [0.5, 0.6) is 5.75 Å². The number of carbonyl (C=O) groups excluding carboxylic acids is 1. The van der Waals surface area contributed by atoms with Crippen LogP contribution in [0.3, 0.4) is 0 Å². The Labute approximate surface area is 105 Å². The maximum atomic E-state index is 13.3. The van der Waals surface area contributed by atoms with Crippen LogP contribution in [0.25, 0.3) is 0 Å². The van der Waals surface area contributed by atoms with E-state index in [4.69, 9.17) is 10.00 Å². The van der Waals surface area contributed by atoms with Crippen LogP contribution >= 0.6 is 0 Å². The number of nitriles is 1. The minimum absolute atomic E-state index is 0.0423. The minimum atomic E-state index is -0.622. The SMILES string of the molecule is N#Cc1c(F)cccc1OCC(=O)C1CCCC1. The molecule has 0 atom stereocenters. The summed E-state index contributed by atoms with van der Waals surface area (Å²) in [4.78, 5) is 11.8. The molecule has 0 radical (unpaired) electrons. The number of carbonyl (C=O) groups is 1. The predicted molar refractivity (Wildman–Crippen MR) is 63.6 cm³/mol. The van der Waals surface area contributed by atoms with Crippen LogP contribution in [0.4, 0.5) is 4.39 Å². The largest absolute Gasteiger partial charge is 0.484 e. The molecule has 1 fully saturated rings. The van der Waals surface area contributed by atoms with E-state index in [1.807, 2.05) is 0 Å². The number of halogens is 1. The third kappa shape index (κ3) is 2.67. The molecule has 18 heavy (non-hydrogen) atoms. The lowest BCUT2D eigenvalue weighted by molar-refractivity contribution is -0.124. The summed E-state index contributed by atoms with van der Waals surface area (Å²) in [5.74, 6) is -0.364. The molecule has 1 aliphatic carbocycles. The Kier molecular flexibility index (Phi) is 3.93. The first-order valence-corrected chi connectivity index (χ1v) is 6.06. The maximum absolute atomic E-state index is 13.3. The van der Waals surface area contributed by atoms with E-state index in [2.05, 4.69) is 0 Å². The van der Waals surface area contributed by atoms with Gasteiger partial charge in [0.25, 0.3) is 0 Å². The van der Waals surface area contributed by atoms with Gasteiger partial charge in [-0.1, -0.05) is 18.9 Å². The molecule has 94 valence electrons. The van der Waals surface area contributed by atoms with Crippen molar-refractivity contribution < 1.29 is 13.9 Å². The zero-order valence-electron chi connectivity index (χ0n) is 9.99. The first-order chi connectivity index (χ1) is 8.72. The lowest BCUT2D eigenvalue weighted by atomic mass is 10.0. The molecular formula is C14H14FNO2. The standard InChI is InChI=1S/C14H14FNO2/c15-12-6-3-7-14(11(12)8-16)18-9-13(17)10-4-1-2-5-10/h3,6-7,10H,1-2,4-5,9H2. The number of benzene rings is 1. The van der Waals surface area contributed by atoms with Crippen LogP contribution in [0.1, 0.15) is 31.2 Å². The Balaban J connectivity index is 2.00. The molecule has 1 aliphatic rings. The number of Topliss-reactive ketones (excluding diaryl/α,β-unsaturated/α-hetero) is 1. The van der Waals surface area contributed by atoms with Gasteiger partial charge in [-0.05, 0) is 25.0 Å². The zero-order valence-corrected chi connectivity index (χ0v) is 9.99. The molecule has 0 amide bonds. The average Bonchev–Trinajstić information content (AvgIpc) is 2.90. The molecule has 0 heterocycles. The fourth-order valence-electron chi connectivity index (χ4n) is 2.25. The average molecular weight is 247 g/mol. The smallest absolute Gasteiger partial charge is 0.173 e. The first-order valence-electron chi connectivity index (χ1n) is 6.06. The van der Waals surface area contributed by atoms with Crippen LogP contribution in [0, 0.1) is 23.1 Å². The quantitative estimate of drug-likeness (QED) is 0.822. The molecule has 0 unspecified atom stereocenters. The molecule has 1 aromatic carbocycles. The van der Waals surface area contributed by atoms with Crippen molar-refractivity contribution in [1.29, 1.82) is 5.26 Å². The summed E-state index contributed by atoms with van der Waals surface area (Å²) < 4.78 is 18.6. The number of hydrogen-bond acceptors (Lipinski definition) is 3. The third-order valence-electron chi connectivity index (χ3n) is 3.27. The van der Waals surface area contributed by atoms with Crippen LogP contribution < -0.4 is 4.74 Å². The predicted octanol–water partition coefficient (Wildman–Crippen LogP) is 2.84. The van der Waals surface area contributed by atoms with Gasteiger partial charge in [-0.25, -0.2) is 4.39 Å². The van der Waals surface area contributed by atoms with Crippen LogP contribution in [-0.4, -0.2) is 12.4 Å². The number of ether oxygens (including phenoxy) is 1. The summed E-state index contributed by atoms with van der Waals surface area (Å²) in [6, 6.07) is 5.91. The summed E-state index contributed by atoms with van der Waals surface area (Å²) in [6.45, 7) is -0.0806. The first kappa shape index (κ1) is 12.6. The second-order valence-corrected chi connectivity index (χ2v) is 4.46. The van der Waals surface area contributed by atoms with Gasteiger partial charge in [0.1, 0.15) is 29.8 Å². The second-order valence-electron chi connectivity index (χ2n) is 4.46. The van der Waals surface area contributed by atoms with Gasteiger partial charge in [-0.3, -0.25) is 4.79 Å².